The molecule has 0 amide bonds. The SMILES string of the molecule is CCNC(Cc1nc2ccccc2s1)C1CCCOC1. The maximum atomic E-state index is 5.65. The Kier molecular flexibility index (Phi) is 4.65. The summed E-state index contributed by atoms with van der Waals surface area (Å²) in [4.78, 5) is 4.77. The number of para-hydroxylation sites is 1. The van der Waals surface area contributed by atoms with E-state index in [-0.39, 0.29) is 0 Å². The second kappa shape index (κ2) is 6.66. The largest absolute Gasteiger partial charge is 0.381 e. The molecule has 0 spiro atoms. The first-order valence-corrected chi connectivity index (χ1v) is 8.34. The van der Waals surface area contributed by atoms with Gasteiger partial charge in [-0.25, -0.2) is 4.98 Å². The molecule has 4 heteroatoms. The van der Waals surface area contributed by atoms with E-state index in [0.29, 0.717) is 12.0 Å². The molecule has 1 aromatic carbocycles. The van der Waals surface area contributed by atoms with Crippen LogP contribution in [0.2, 0.25) is 0 Å². The van der Waals surface area contributed by atoms with Crippen molar-refractivity contribution in [2.45, 2.75) is 32.2 Å². The Hall–Kier alpha value is -0.970. The average Bonchev–Trinajstić information content (AvgIpc) is 2.90. The van der Waals surface area contributed by atoms with E-state index in [1.807, 2.05) is 11.3 Å². The van der Waals surface area contributed by atoms with Gasteiger partial charge in [-0.15, -0.1) is 11.3 Å². The Morgan fingerprint density at radius 3 is 3.10 bits per heavy atom. The van der Waals surface area contributed by atoms with Crippen molar-refractivity contribution in [3.05, 3.63) is 29.3 Å². The highest BCUT2D eigenvalue weighted by Crippen LogP contribution is 2.25. The third-order valence-electron chi connectivity index (χ3n) is 3.96. The van der Waals surface area contributed by atoms with Gasteiger partial charge in [0.1, 0.15) is 0 Å². The van der Waals surface area contributed by atoms with E-state index in [0.717, 1.165) is 31.7 Å². The molecule has 1 saturated heterocycles. The summed E-state index contributed by atoms with van der Waals surface area (Å²) in [6.07, 6.45) is 3.47. The van der Waals surface area contributed by atoms with Gasteiger partial charge < -0.3 is 10.1 Å². The molecule has 0 saturated carbocycles. The van der Waals surface area contributed by atoms with Crippen molar-refractivity contribution in [3.8, 4) is 0 Å². The minimum atomic E-state index is 0.487. The van der Waals surface area contributed by atoms with Crippen molar-refractivity contribution in [3.63, 3.8) is 0 Å². The van der Waals surface area contributed by atoms with Gasteiger partial charge in [-0.1, -0.05) is 19.1 Å². The zero-order valence-corrected chi connectivity index (χ0v) is 12.8. The van der Waals surface area contributed by atoms with Crippen LogP contribution in [-0.4, -0.2) is 30.8 Å². The topological polar surface area (TPSA) is 34.2 Å². The van der Waals surface area contributed by atoms with Crippen LogP contribution in [0, 0.1) is 5.92 Å². The van der Waals surface area contributed by atoms with Crippen molar-refractivity contribution in [2.24, 2.45) is 5.92 Å². The molecule has 3 nitrogen and oxygen atoms in total. The number of benzene rings is 1. The summed E-state index contributed by atoms with van der Waals surface area (Å²) in [5.41, 5.74) is 1.13. The van der Waals surface area contributed by atoms with Gasteiger partial charge in [0.15, 0.2) is 0 Å². The molecule has 1 N–H and O–H groups in total. The Morgan fingerprint density at radius 2 is 2.35 bits per heavy atom. The van der Waals surface area contributed by atoms with Crippen molar-refractivity contribution in [1.82, 2.24) is 10.3 Å². The molecule has 1 aliphatic heterocycles. The number of thiazole rings is 1. The van der Waals surface area contributed by atoms with E-state index < -0.39 is 0 Å². The summed E-state index contributed by atoms with van der Waals surface area (Å²) in [6, 6.07) is 8.88. The van der Waals surface area contributed by atoms with Gasteiger partial charge in [-0.3, -0.25) is 0 Å². The predicted molar refractivity (Wildman–Crippen MR) is 84.3 cm³/mol. The van der Waals surface area contributed by atoms with Gasteiger partial charge in [0.2, 0.25) is 0 Å². The van der Waals surface area contributed by atoms with Gasteiger partial charge in [0.05, 0.1) is 21.8 Å². The summed E-state index contributed by atoms with van der Waals surface area (Å²) >= 11 is 1.82. The number of nitrogens with one attached hydrogen (secondary N) is 1. The van der Waals surface area contributed by atoms with E-state index >= 15 is 0 Å². The third-order valence-corrected chi connectivity index (χ3v) is 5.02. The zero-order valence-electron chi connectivity index (χ0n) is 12.0. The highest BCUT2D eigenvalue weighted by atomic mass is 32.1. The monoisotopic (exact) mass is 290 g/mol. The second-order valence-electron chi connectivity index (χ2n) is 5.42. The van der Waals surface area contributed by atoms with E-state index in [2.05, 4.69) is 36.5 Å². The molecule has 3 rings (SSSR count). The quantitative estimate of drug-likeness (QED) is 0.918. The smallest absolute Gasteiger partial charge is 0.0954 e. The molecule has 2 heterocycles. The number of ether oxygens (including phenoxy) is 1. The molecule has 2 unspecified atom stereocenters. The maximum Gasteiger partial charge on any atom is 0.0954 e. The molecule has 20 heavy (non-hydrogen) atoms. The molecule has 108 valence electrons. The van der Waals surface area contributed by atoms with Gasteiger partial charge in [-0.2, -0.15) is 0 Å². The van der Waals surface area contributed by atoms with Crippen LogP contribution in [0.4, 0.5) is 0 Å². The fourth-order valence-corrected chi connectivity index (χ4v) is 3.97. The number of likely N-dealkylation sites (N-methyl/N-ethyl adjacent to an activating group) is 1. The minimum Gasteiger partial charge on any atom is -0.381 e. The first-order valence-electron chi connectivity index (χ1n) is 7.52. The number of aromatic nitrogens is 1. The van der Waals surface area contributed by atoms with E-state index in [1.165, 1.54) is 22.5 Å². The summed E-state index contributed by atoms with van der Waals surface area (Å²) in [5.74, 6) is 0.621. The van der Waals surface area contributed by atoms with E-state index in [1.54, 1.807) is 0 Å². The molecule has 1 aliphatic rings. The summed E-state index contributed by atoms with van der Waals surface area (Å²) < 4.78 is 6.94. The van der Waals surface area contributed by atoms with Gasteiger partial charge in [-0.05, 0) is 37.4 Å². The van der Waals surface area contributed by atoms with E-state index in [9.17, 15) is 0 Å². The van der Waals surface area contributed by atoms with Crippen LogP contribution in [0.15, 0.2) is 24.3 Å². The number of fused-ring (bicyclic) bond motifs is 1. The molecule has 2 aromatic rings. The van der Waals surface area contributed by atoms with Crippen molar-refractivity contribution < 1.29 is 4.74 Å². The molecule has 1 aromatic heterocycles. The Morgan fingerprint density at radius 1 is 1.45 bits per heavy atom. The second-order valence-corrected chi connectivity index (χ2v) is 6.54. The predicted octanol–water partition coefficient (Wildman–Crippen LogP) is 3.24. The van der Waals surface area contributed by atoms with Crippen LogP contribution < -0.4 is 5.32 Å². The lowest BCUT2D eigenvalue weighted by molar-refractivity contribution is 0.0396. The highest BCUT2D eigenvalue weighted by Gasteiger charge is 2.24. The van der Waals surface area contributed by atoms with Crippen LogP contribution >= 0.6 is 11.3 Å². The van der Waals surface area contributed by atoms with Crippen LogP contribution in [0.5, 0.6) is 0 Å². The molecule has 0 bridgehead atoms. The molecular weight excluding hydrogens is 268 g/mol. The number of hydrogen-bond acceptors (Lipinski definition) is 4. The molecule has 2 atom stereocenters. The van der Waals surface area contributed by atoms with Crippen molar-refractivity contribution in [2.75, 3.05) is 19.8 Å². The Labute approximate surface area is 124 Å². The van der Waals surface area contributed by atoms with Crippen LogP contribution in [0.3, 0.4) is 0 Å². The van der Waals surface area contributed by atoms with Crippen molar-refractivity contribution in [1.29, 1.82) is 0 Å². The fourth-order valence-electron chi connectivity index (χ4n) is 2.95. The van der Waals surface area contributed by atoms with Crippen LogP contribution in [0.1, 0.15) is 24.8 Å². The van der Waals surface area contributed by atoms with Gasteiger partial charge in [0, 0.05) is 19.1 Å². The lowest BCUT2D eigenvalue weighted by Crippen LogP contribution is -2.41. The lowest BCUT2D eigenvalue weighted by Gasteiger charge is -2.30. The Bertz CT molecular complexity index is 515. The molecular formula is C16H22N2OS. The third kappa shape index (κ3) is 3.19. The number of nitrogens with zero attached hydrogens (tertiary/aromatic N) is 1. The minimum absolute atomic E-state index is 0.487. The molecule has 0 radical (unpaired) electrons. The Balaban J connectivity index is 1.74. The standard InChI is InChI=1S/C16H22N2OS/c1-2-17-14(12-6-5-9-19-11-12)10-16-18-13-7-3-4-8-15(13)20-16/h3-4,7-8,12,14,17H,2,5-6,9-11H2,1H3. The number of rotatable bonds is 5. The average molecular weight is 290 g/mol. The summed E-state index contributed by atoms with van der Waals surface area (Å²) in [6.45, 7) is 5.00. The normalized spacial score (nSPS) is 21.1. The van der Waals surface area contributed by atoms with Gasteiger partial charge >= 0.3 is 0 Å². The van der Waals surface area contributed by atoms with Crippen molar-refractivity contribution >= 4 is 21.6 Å². The zero-order chi connectivity index (χ0) is 13.8. The number of hydrogen-bond donors (Lipinski definition) is 1. The van der Waals surface area contributed by atoms with Crippen LogP contribution in [-0.2, 0) is 11.2 Å². The summed E-state index contributed by atoms with van der Waals surface area (Å²) in [7, 11) is 0. The first kappa shape index (κ1) is 14.0. The highest BCUT2D eigenvalue weighted by molar-refractivity contribution is 7.18. The fraction of sp³-hybridized carbons (Fsp3) is 0.562. The summed E-state index contributed by atoms with van der Waals surface area (Å²) in [5, 5.41) is 4.87. The van der Waals surface area contributed by atoms with Crippen LogP contribution in [0.25, 0.3) is 10.2 Å². The first-order chi connectivity index (χ1) is 9.86. The van der Waals surface area contributed by atoms with Gasteiger partial charge in [0.25, 0.3) is 0 Å². The molecule has 0 aliphatic carbocycles. The van der Waals surface area contributed by atoms with E-state index in [4.69, 9.17) is 9.72 Å². The molecule has 1 fully saturated rings. The lowest BCUT2D eigenvalue weighted by atomic mass is 9.91. The maximum absolute atomic E-state index is 5.65.